The number of hydrogen-bond donors (Lipinski definition) is 4. The van der Waals surface area contributed by atoms with Gasteiger partial charge in [0.1, 0.15) is 0 Å². The second kappa shape index (κ2) is 41.6. The third-order valence-corrected chi connectivity index (χ3v) is 15.8. The molecule has 0 saturated heterocycles. The minimum absolute atomic E-state index is 0. The molecule has 0 unspecified atom stereocenters. The molecule has 0 aliphatic rings. The second-order valence-corrected chi connectivity index (χ2v) is 22.4. The average Bonchev–Trinajstić information content (AvgIpc) is 0.827. The van der Waals surface area contributed by atoms with Crippen molar-refractivity contribution >= 4 is 135 Å². The molecule has 0 saturated carbocycles. The Labute approximate surface area is 652 Å². The molecule has 8 heterocycles. The number of pyridine rings is 8. The van der Waals surface area contributed by atoms with Gasteiger partial charge in [0.05, 0.1) is 90.3 Å². The first kappa shape index (κ1) is 91.8. The Morgan fingerprint density at radius 3 is 0.580 bits per heavy atom. The van der Waals surface area contributed by atoms with E-state index in [1.807, 2.05) is 48.5 Å². The van der Waals surface area contributed by atoms with Gasteiger partial charge in [-0.15, -0.1) is 0 Å². The van der Waals surface area contributed by atoms with Crippen LogP contribution in [0.25, 0.3) is 109 Å². The van der Waals surface area contributed by atoms with Crippen molar-refractivity contribution in [2.45, 2.75) is 0 Å². The molecule has 112 heavy (non-hydrogen) atoms. The Bertz CT molecular complexity index is 5250. The molecule has 0 aliphatic carbocycles. The molecule has 16 aromatic rings. The Morgan fingerprint density at radius 1 is 0.223 bits per heavy atom. The van der Waals surface area contributed by atoms with Crippen LogP contribution in [-0.4, -0.2) is 141 Å². The largest absolute Gasteiger partial charge is 2.00 e. The predicted octanol–water partition coefficient (Wildman–Crippen LogP) is 5.13. The van der Waals surface area contributed by atoms with E-state index in [2.05, 4.69) is 137 Å². The van der Waals surface area contributed by atoms with Gasteiger partial charge in [0.25, 0.3) is 0 Å². The fraction of sp³-hybridized carbons (Fsp3) is 0. The summed E-state index contributed by atoms with van der Waals surface area (Å²) in [6.45, 7) is 0. The van der Waals surface area contributed by atoms with Crippen molar-refractivity contribution < 1.29 is 146 Å². The van der Waals surface area contributed by atoms with E-state index in [0.717, 1.165) is 160 Å². The Morgan fingerprint density at radius 2 is 0.411 bits per heavy atom. The van der Waals surface area contributed by atoms with Crippen LogP contribution >= 0.6 is 0 Å². The van der Waals surface area contributed by atoms with Crippen LogP contribution in [0.15, 0.2) is 268 Å². The van der Waals surface area contributed by atoms with E-state index in [4.69, 9.17) is 20.4 Å². The van der Waals surface area contributed by atoms with Gasteiger partial charge < -0.3 is 92.9 Å². The van der Waals surface area contributed by atoms with E-state index in [1.165, 1.54) is 0 Å². The Hall–Kier alpha value is -14.4. The number of carbonyl (C=O) groups excluding carboxylic acids is 4. The van der Waals surface area contributed by atoms with Crippen molar-refractivity contribution in [1.82, 2.24) is 39.9 Å². The number of fused-ring (bicyclic) bond motifs is 12. The van der Waals surface area contributed by atoms with Gasteiger partial charge in [0.2, 0.25) is 0 Å². The van der Waals surface area contributed by atoms with Gasteiger partial charge in [-0.1, -0.05) is 109 Å². The molecule has 16 N–H and O–H groups in total. The second-order valence-electron chi connectivity index (χ2n) is 22.4. The maximum atomic E-state index is 11.2. The van der Waals surface area contributed by atoms with Crippen molar-refractivity contribution in [2.75, 3.05) is 0 Å². The minimum atomic E-state index is -1.66. The van der Waals surface area contributed by atoms with Gasteiger partial charge in [-0.05, 0) is 143 Å². The van der Waals surface area contributed by atoms with E-state index in [-0.39, 0.29) is 100 Å². The van der Waals surface area contributed by atoms with Gasteiger partial charge in [0.15, 0.2) is 0 Å². The number of nitrogens with zero attached hydrogens (tertiary/aromatic N) is 8. The molecule has 0 bridgehead atoms. The van der Waals surface area contributed by atoms with Crippen LogP contribution in [0.5, 0.6) is 0 Å². The number of carboxylic acid groups (broad SMARTS) is 8. The van der Waals surface area contributed by atoms with Crippen molar-refractivity contribution in [3.8, 4) is 22.3 Å². The molecule has 8 aromatic carbocycles. The molecule has 0 spiro atoms. The van der Waals surface area contributed by atoms with Crippen LogP contribution in [0.2, 0.25) is 0 Å². The summed E-state index contributed by atoms with van der Waals surface area (Å²) < 4.78 is 0. The van der Waals surface area contributed by atoms with Crippen LogP contribution in [0.4, 0.5) is 0 Å². The SMILES string of the molecule is O.O.O.O.O.O.O=C([O-])c1cc(C(=O)O)cc(-c2cc(C(=O)O)ccc2C(=O)[O-])c1.O=C([O-])c1cc(C(=O)O)cc(-c2cc(C(=O)O)ccc2C(=O)[O-])c1.[Mn+2].[Mn+2].c1cnc2c(c1)ccc1cccnc12.c1cnc2c(c1)ccc1cccnc12.c1cnc2c(c1)ccc1cccnc12.c1cnc2c(c1)ccc1cccnc12. The monoisotopic (exact) mass is 1590 g/mol. The maximum absolute atomic E-state index is 11.2. The molecule has 2 radical (unpaired) electrons. The molecule has 32 heteroatoms. The molecule has 0 atom stereocenters. The van der Waals surface area contributed by atoms with Crippen LogP contribution in [0, 0.1) is 0 Å². The van der Waals surface area contributed by atoms with Crippen LogP contribution in [-0.2, 0) is 34.1 Å². The van der Waals surface area contributed by atoms with Gasteiger partial charge in [0, 0.05) is 104 Å². The summed E-state index contributed by atoms with van der Waals surface area (Å²) in [6, 6.07) is 60.3. The van der Waals surface area contributed by atoms with E-state index < -0.39 is 81.1 Å². The summed E-state index contributed by atoms with van der Waals surface area (Å²) in [7, 11) is 0. The van der Waals surface area contributed by atoms with E-state index in [0.29, 0.717) is 0 Å². The standard InChI is InChI=1S/2C16H10O8.4C12H8N2.2Mn.6H2O/c2*17-13(18)7-1-2-11(16(23)24)12(6-7)8-3-9(14(19)20)5-10(4-8)15(21)22;4*1-3-9-5-6-10-4-2-8-14-12(10)11(9)13-7-1;;;;;;;;/h2*1-6H,(H,17,18)(H,19,20)(H,21,22)(H,23,24);4*1-8H;;;6*1H2/q;;;;;;2*+2;;;;;;/p-4. The number of aromatic nitrogens is 8. The number of benzene rings is 8. The van der Waals surface area contributed by atoms with E-state index >= 15 is 0 Å². The molecule has 8 aromatic heterocycles. The molecule has 30 nitrogen and oxygen atoms in total. The van der Waals surface area contributed by atoms with Crippen molar-refractivity contribution in [3.63, 3.8) is 0 Å². The van der Waals surface area contributed by atoms with Gasteiger partial charge in [-0.3, -0.25) is 39.9 Å². The first-order chi connectivity index (χ1) is 50.2. The fourth-order valence-corrected chi connectivity index (χ4v) is 11.0. The third-order valence-electron chi connectivity index (χ3n) is 15.8. The van der Waals surface area contributed by atoms with E-state index in [9.17, 15) is 58.8 Å². The zero-order valence-electron chi connectivity index (χ0n) is 57.4. The van der Waals surface area contributed by atoms with Crippen LogP contribution in [0.3, 0.4) is 0 Å². The van der Waals surface area contributed by atoms with Crippen LogP contribution < -0.4 is 20.4 Å². The average molecular weight is 1600 g/mol. The van der Waals surface area contributed by atoms with Crippen molar-refractivity contribution in [2.24, 2.45) is 0 Å². The fourth-order valence-electron chi connectivity index (χ4n) is 11.0. The first-order valence-electron chi connectivity index (χ1n) is 30.9. The minimum Gasteiger partial charge on any atom is -0.545 e. The number of aromatic carboxylic acids is 8. The quantitative estimate of drug-likeness (QED) is 0.102. The van der Waals surface area contributed by atoms with Crippen molar-refractivity contribution in [1.29, 1.82) is 0 Å². The molecule has 0 fully saturated rings. The third kappa shape index (κ3) is 21.5. The number of rotatable bonds is 10. The van der Waals surface area contributed by atoms with Crippen molar-refractivity contribution in [3.05, 3.63) is 312 Å². The summed E-state index contributed by atoms with van der Waals surface area (Å²) in [4.78, 5) is 124. The van der Waals surface area contributed by atoms with Gasteiger partial charge >= 0.3 is 58.0 Å². The molecule has 0 amide bonds. The molecule has 566 valence electrons. The normalized spacial score (nSPS) is 9.79. The topological polar surface area (TPSA) is 602 Å². The predicted molar refractivity (Wildman–Crippen MR) is 399 cm³/mol. The van der Waals surface area contributed by atoms with Gasteiger partial charge in [-0.25, -0.2) is 19.2 Å². The zero-order valence-corrected chi connectivity index (χ0v) is 59.8. The Balaban J connectivity index is 0.000000348. The number of hydrogen-bond acceptors (Lipinski definition) is 20. The zero-order chi connectivity index (χ0) is 73.6. The number of carbonyl (C=O) groups is 8. The van der Waals surface area contributed by atoms with Gasteiger partial charge in [-0.2, -0.15) is 0 Å². The molecule has 16 rings (SSSR count). The Kier molecular flexibility index (Phi) is 34.1. The summed E-state index contributed by atoms with van der Waals surface area (Å²) in [6.07, 6.45) is 14.4. The summed E-state index contributed by atoms with van der Waals surface area (Å²) >= 11 is 0. The maximum Gasteiger partial charge on any atom is 2.00 e. The summed E-state index contributed by atoms with van der Waals surface area (Å²) in [5, 5.41) is 89.7. The molecule has 0 aliphatic heterocycles. The smallest absolute Gasteiger partial charge is 0.545 e. The molecular formula is C80H60Mn2N8O22. The summed E-state index contributed by atoms with van der Waals surface area (Å²) in [5.74, 6) is -12.1. The molecular weight excluding hydrogens is 1530 g/mol. The first-order valence-corrected chi connectivity index (χ1v) is 30.9. The number of carboxylic acids is 8. The van der Waals surface area contributed by atoms with E-state index in [1.54, 1.807) is 49.6 Å². The summed E-state index contributed by atoms with van der Waals surface area (Å²) in [5.41, 5.74) is 4.10. The van der Waals surface area contributed by atoms with Crippen LogP contribution in [0.1, 0.15) is 82.9 Å².